The van der Waals surface area contributed by atoms with Crippen LogP contribution in [0.2, 0.25) is 0 Å². The first kappa shape index (κ1) is 21.9. The van der Waals surface area contributed by atoms with Crippen molar-refractivity contribution >= 4 is 51.3 Å². The van der Waals surface area contributed by atoms with Crippen LogP contribution in [0.15, 0.2) is 21.3 Å². The van der Waals surface area contributed by atoms with E-state index in [1.807, 2.05) is 0 Å². The van der Waals surface area contributed by atoms with Crippen LogP contribution in [-0.2, 0) is 16.6 Å². The molecule has 148 valence electrons. The van der Waals surface area contributed by atoms with Crippen LogP contribution in [0.4, 0.5) is 0 Å². The van der Waals surface area contributed by atoms with Crippen LogP contribution in [0.1, 0.15) is 37.0 Å². The molecule has 2 fully saturated rings. The Labute approximate surface area is 176 Å². The number of guanidine groups is 1. The summed E-state index contributed by atoms with van der Waals surface area (Å²) < 4.78 is 22.9. The van der Waals surface area contributed by atoms with E-state index in [2.05, 4.69) is 20.5 Å². The van der Waals surface area contributed by atoms with Gasteiger partial charge in [-0.2, -0.15) is 0 Å². The van der Waals surface area contributed by atoms with Crippen molar-refractivity contribution in [3.8, 4) is 0 Å². The minimum atomic E-state index is -3.62. The monoisotopic (exact) mass is 513 g/mol. The molecule has 10 heteroatoms. The van der Waals surface area contributed by atoms with Gasteiger partial charge in [0.05, 0.1) is 6.54 Å². The second-order valence-corrected chi connectivity index (χ2v) is 9.71. The summed E-state index contributed by atoms with van der Waals surface area (Å²) in [7, 11) is -1.87. The predicted octanol–water partition coefficient (Wildman–Crippen LogP) is 1.70. The Hall–Kier alpha value is -0.430. The molecule has 0 aromatic carbocycles. The molecule has 0 bridgehead atoms. The Morgan fingerprint density at radius 1 is 1.35 bits per heavy atom. The molecule has 26 heavy (non-hydrogen) atoms. The lowest BCUT2D eigenvalue weighted by molar-refractivity contribution is 0.242. The molecule has 1 aliphatic heterocycles. The van der Waals surface area contributed by atoms with Crippen molar-refractivity contribution in [2.45, 2.75) is 54.9 Å². The fourth-order valence-corrected chi connectivity index (χ4v) is 5.39. The molecule has 1 saturated carbocycles. The fourth-order valence-electron chi connectivity index (χ4n) is 3.67. The van der Waals surface area contributed by atoms with E-state index in [1.54, 1.807) is 19.2 Å². The highest BCUT2D eigenvalue weighted by Crippen LogP contribution is 2.26. The molecule has 0 amide bonds. The summed E-state index contributed by atoms with van der Waals surface area (Å²) in [5.41, 5.74) is 0. The molecule has 2 heterocycles. The number of hydrogen-bond acceptors (Lipinski definition) is 5. The number of nitrogens with zero attached hydrogens (tertiary/aromatic N) is 2. The Morgan fingerprint density at radius 2 is 2.08 bits per heavy atom. The molecule has 1 saturated heterocycles. The van der Waals surface area contributed by atoms with Gasteiger partial charge in [0, 0.05) is 37.1 Å². The molecular formula is C16H28IN5O2S2. The second kappa shape index (κ2) is 9.67. The zero-order chi connectivity index (χ0) is 17.9. The number of nitrogens with one attached hydrogen (secondary N) is 2. The Kier molecular flexibility index (Phi) is 8.13. The number of primary sulfonamides is 1. The Bertz CT molecular complexity index is 716. The highest BCUT2D eigenvalue weighted by molar-refractivity contribution is 14.0. The number of thiophene rings is 1. The Morgan fingerprint density at radius 3 is 2.69 bits per heavy atom. The number of halogens is 1. The number of aliphatic imine (C=N–C) groups is 1. The van der Waals surface area contributed by atoms with Gasteiger partial charge in [0.15, 0.2) is 5.96 Å². The van der Waals surface area contributed by atoms with Gasteiger partial charge in [-0.3, -0.25) is 9.89 Å². The quantitative estimate of drug-likeness (QED) is 0.316. The van der Waals surface area contributed by atoms with E-state index >= 15 is 0 Å². The molecule has 7 nitrogen and oxygen atoms in total. The highest BCUT2D eigenvalue weighted by atomic mass is 127. The molecule has 1 aromatic heterocycles. The molecule has 1 unspecified atom stereocenters. The van der Waals surface area contributed by atoms with E-state index in [9.17, 15) is 8.42 Å². The minimum absolute atomic E-state index is 0. The number of likely N-dealkylation sites (tertiary alicyclic amines) is 1. The van der Waals surface area contributed by atoms with Gasteiger partial charge >= 0.3 is 0 Å². The number of sulfonamides is 1. The first-order valence-electron chi connectivity index (χ1n) is 8.78. The van der Waals surface area contributed by atoms with Crippen molar-refractivity contribution in [2.24, 2.45) is 10.1 Å². The first-order valence-corrected chi connectivity index (χ1v) is 11.1. The average molecular weight is 513 g/mol. The van der Waals surface area contributed by atoms with Crippen LogP contribution < -0.4 is 15.8 Å². The number of rotatable bonds is 5. The zero-order valence-electron chi connectivity index (χ0n) is 15.0. The van der Waals surface area contributed by atoms with E-state index in [-0.39, 0.29) is 28.2 Å². The summed E-state index contributed by atoms with van der Waals surface area (Å²) >= 11 is 1.19. The van der Waals surface area contributed by atoms with Gasteiger partial charge < -0.3 is 10.6 Å². The summed E-state index contributed by atoms with van der Waals surface area (Å²) in [5, 5.41) is 11.9. The maximum Gasteiger partial charge on any atom is 0.247 e. The summed E-state index contributed by atoms with van der Waals surface area (Å²) in [6, 6.07) is 4.51. The Balaban J connectivity index is 0.00000243. The van der Waals surface area contributed by atoms with Crippen molar-refractivity contribution < 1.29 is 8.42 Å². The fraction of sp³-hybridized carbons (Fsp3) is 0.688. The molecule has 1 aromatic rings. The van der Waals surface area contributed by atoms with Crippen molar-refractivity contribution in [3.05, 3.63) is 17.0 Å². The lowest BCUT2D eigenvalue weighted by Crippen LogP contribution is -2.44. The normalized spacial score (nSPS) is 22.4. The number of hydrogen-bond donors (Lipinski definition) is 3. The third kappa shape index (κ3) is 5.78. The topological polar surface area (TPSA) is 99.8 Å². The van der Waals surface area contributed by atoms with E-state index in [1.165, 1.54) is 37.0 Å². The van der Waals surface area contributed by atoms with Crippen LogP contribution >= 0.6 is 35.3 Å². The summed E-state index contributed by atoms with van der Waals surface area (Å²) in [5.74, 6) is 0.754. The standard InChI is InChI=1S/C16H27N5O2S2.HI/c1-18-16(19-10-14-6-7-15(24-14)25(17,22)23)20-12-8-9-21(11-12)13-4-2-3-5-13;/h6-7,12-13H,2-5,8-11H2,1H3,(H2,17,22,23)(H2,18,19,20);1H. The molecule has 2 aliphatic rings. The van der Waals surface area contributed by atoms with Crippen LogP contribution in [0, 0.1) is 0 Å². The maximum absolute atomic E-state index is 11.3. The summed E-state index contributed by atoms with van der Waals surface area (Å²) in [4.78, 5) is 7.80. The van der Waals surface area contributed by atoms with Gasteiger partial charge in [-0.15, -0.1) is 35.3 Å². The van der Waals surface area contributed by atoms with Crippen molar-refractivity contribution in [3.63, 3.8) is 0 Å². The van der Waals surface area contributed by atoms with E-state index < -0.39 is 10.0 Å². The van der Waals surface area contributed by atoms with Crippen molar-refractivity contribution in [1.29, 1.82) is 0 Å². The number of nitrogens with two attached hydrogens (primary N) is 1. The molecule has 3 rings (SSSR count). The predicted molar refractivity (Wildman–Crippen MR) is 117 cm³/mol. The lowest BCUT2D eigenvalue weighted by atomic mass is 10.2. The van der Waals surface area contributed by atoms with Crippen LogP contribution in [0.25, 0.3) is 0 Å². The van der Waals surface area contributed by atoms with Gasteiger partial charge in [-0.25, -0.2) is 13.6 Å². The smallest absolute Gasteiger partial charge is 0.247 e. The molecule has 4 N–H and O–H groups in total. The van der Waals surface area contributed by atoms with E-state index in [0.29, 0.717) is 12.6 Å². The molecule has 1 atom stereocenters. The van der Waals surface area contributed by atoms with Crippen molar-refractivity contribution in [1.82, 2.24) is 15.5 Å². The third-order valence-electron chi connectivity index (χ3n) is 4.97. The second-order valence-electron chi connectivity index (χ2n) is 6.75. The third-order valence-corrected chi connectivity index (χ3v) is 7.50. The van der Waals surface area contributed by atoms with Crippen LogP contribution in [0.5, 0.6) is 0 Å². The minimum Gasteiger partial charge on any atom is -0.352 e. The van der Waals surface area contributed by atoms with E-state index in [4.69, 9.17) is 5.14 Å². The molecule has 0 radical (unpaired) electrons. The highest BCUT2D eigenvalue weighted by Gasteiger charge is 2.30. The molecular weight excluding hydrogens is 485 g/mol. The van der Waals surface area contributed by atoms with Gasteiger partial charge in [-0.05, 0) is 31.4 Å². The van der Waals surface area contributed by atoms with Gasteiger partial charge in [0.2, 0.25) is 10.0 Å². The van der Waals surface area contributed by atoms with E-state index in [0.717, 1.165) is 36.4 Å². The maximum atomic E-state index is 11.3. The first-order chi connectivity index (χ1) is 12.0. The van der Waals surface area contributed by atoms with Gasteiger partial charge in [0.1, 0.15) is 4.21 Å². The molecule has 1 aliphatic carbocycles. The van der Waals surface area contributed by atoms with Gasteiger partial charge in [0.25, 0.3) is 0 Å². The average Bonchev–Trinajstić information content (AvgIpc) is 3.30. The van der Waals surface area contributed by atoms with Crippen LogP contribution in [0.3, 0.4) is 0 Å². The molecule has 0 spiro atoms. The summed E-state index contributed by atoms with van der Waals surface area (Å²) in [6.45, 7) is 2.75. The van der Waals surface area contributed by atoms with Gasteiger partial charge in [-0.1, -0.05) is 12.8 Å². The largest absolute Gasteiger partial charge is 0.352 e. The lowest BCUT2D eigenvalue weighted by Gasteiger charge is -2.24. The van der Waals surface area contributed by atoms with Crippen LogP contribution in [-0.4, -0.2) is 51.5 Å². The summed E-state index contributed by atoms with van der Waals surface area (Å²) in [6.07, 6.45) is 6.54. The van der Waals surface area contributed by atoms with Crippen molar-refractivity contribution in [2.75, 3.05) is 20.1 Å². The zero-order valence-corrected chi connectivity index (χ0v) is 18.9. The SMILES string of the molecule is CN=C(NCc1ccc(S(N)(=O)=O)s1)NC1CCN(C2CCCC2)C1.I.